The second-order valence-corrected chi connectivity index (χ2v) is 13.9. The molecule has 3 saturated carbocycles. The lowest BCUT2D eigenvalue weighted by molar-refractivity contribution is -0.313. The standard InChI is InChI=1S/C32H48O9/c1-17(2)5-9-23(33)29(38)39-16-24-26(35)27(36)28(37)30(41-24)40-19-11-13-31(3)18(15-19)6-7-20-21-8-10-25(34)32(21,4)14-12-22(20)31/h5-6,19-24,26-28,30,33,35-37H,7-16H2,1-4H3/t19-,20?,21?,22?,23+,24?,26?,27?,28?,30?,31?,32-/m0/s1. The molecule has 5 aliphatic rings. The van der Waals surface area contributed by atoms with E-state index in [2.05, 4.69) is 19.9 Å². The molecule has 4 fully saturated rings. The topological polar surface area (TPSA) is 143 Å². The molecule has 9 nitrogen and oxygen atoms in total. The number of esters is 1. The van der Waals surface area contributed by atoms with Crippen LogP contribution in [0.25, 0.3) is 0 Å². The summed E-state index contributed by atoms with van der Waals surface area (Å²) in [6, 6.07) is 0. The fourth-order valence-corrected chi connectivity index (χ4v) is 8.58. The third-order valence-electron chi connectivity index (χ3n) is 11.2. The molecule has 0 bridgehead atoms. The Morgan fingerprint density at radius 2 is 1.78 bits per heavy atom. The third-order valence-corrected chi connectivity index (χ3v) is 11.2. The van der Waals surface area contributed by atoms with Gasteiger partial charge in [0, 0.05) is 18.3 Å². The van der Waals surface area contributed by atoms with Crippen molar-refractivity contribution in [2.75, 3.05) is 6.61 Å². The highest BCUT2D eigenvalue weighted by Gasteiger charge is 2.59. The van der Waals surface area contributed by atoms with E-state index in [0.29, 0.717) is 36.4 Å². The maximum atomic E-state index is 12.7. The zero-order valence-corrected chi connectivity index (χ0v) is 24.8. The van der Waals surface area contributed by atoms with Crippen LogP contribution in [0.3, 0.4) is 0 Å². The Bertz CT molecular complexity index is 1070. The molecule has 0 aromatic rings. The summed E-state index contributed by atoms with van der Waals surface area (Å²) in [5.74, 6) is 1.15. The van der Waals surface area contributed by atoms with E-state index in [1.54, 1.807) is 6.08 Å². The van der Waals surface area contributed by atoms with Gasteiger partial charge in [0.2, 0.25) is 0 Å². The lowest BCUT2D eigenvalue weighted by Gasteiger charge is -2.57. The number of fused-ring (bicyclic) bond motifs is 5. The first-order valence-electron chi connectivity index (χ1n) is 15.4. The number of aliphatic hydroxyl groups excluding tert-OH is 4. The van der Waals surface area contributed by atoms with Gasteiger partial charge in [0.25, 0.3) is 0 Å². The van der Waals surface area contributed by atoms with Crippen molar-refractivity contribution in [3.8, 4) is 0 Å². The molecule has 5 rings (SSSR count). The van der Waals surface area contributed by atoms with Crippen LogP contribution < -0.4 is 0 Å². The minimum atomic E-state index is -1.54. The molecule has 12 atom stereocenters. The number of hydrogen-bond donors (Lipinski definition) is 4. The van der Waals surface area contributed by atoms with Crippen LogP contribution in [-0.2, 0) is 23.8 Å². The first-order valence-corrected chi connectivity index (χ1v) is 15.4. The van der Waals surface area contributed by atoms with Crippen molar-refractivity contribution in [3.63, 3.8) is 0 Å². The number of carbonyl (C=O) groups is 2. The lowest BCUT2D eigenvalue weighted by atomic mass is 9.48. The quantitative estimate of drug-likeness (QED) is 0.266. The fourth-order valence-electron chi connectivity index (χ4n) is 8.58. The molecule has 0 amide bonds. The van der Waals surface area contributed by atoms with Crippen molar-refractivity contribution in [3.05, 3.63) is 23.3 Å². The number of Topliss-reactive ketones (excluding diaryl/α,β-unsaturated/α-hetero) is 1. The summed E-state index contributed by atoms with van der Waals surface area (Å²) < 4.78 is 17.2. The van der Waals surface area contributed by atoms with E-state index in [4.69, 9.17) is 14.2 Å². The third kappa shape index (κ3) is 5.70. The molecule has 1 aliphatic heterocycles. The summed E-state index contributed by atoms with van der Waals surface area (Å²) >= 11 is 0. The molecular weight excluding hydrogens is 528 g/mol. The highest BCUT2D eigenvalue weighted by atomic mass is 16.7. The van der Waals surface area contributed by atoms with Crippen molar-refractivity contribution in [1.82, 2.24) is 0 Å². The molecule has 1 heterocycles. The smallest absolute Gasteiger partial charge is 0.335 e. The Hall–Kier alpha value is -1.62. The first-order chi connectivity index (χ1) is 19.3. The van der Waals surface area contributed by atoms with Gasteiger partial charge in [-0.05, 0) is 82.0 Å². The van der Waals surface area contributed by atoms with E-state index >= 15 is 0 Å². The monoisotopic (exact) mass is 576 g/mol. The Kier molecular flexibility index (Phi) is 8.88. The second kappa shape index (κ2) is 11.8. The fraction of sp³-hybridized carbons (Fsp3) is 0.812. The predicted octanol–water partition coefficient (Wildman–Crippen LogP) is 2.97. The number of hydrogen-bond acceptors (Lipinski definition) is 9. The first kappa shape index (κ1) is 30.8. The number of rotatable bonds is 7. The van der Waals surface area contributed by atoms with Crippen LogP contribution in [0.4, 0.5) is 0 Å². The van der Waals surface area contributed by atoms with E-state index in [9.17, 15) is 30.0 Å². The molecule has 0 aromatic heterocycles. The summed E-state index contributed by atoms with van der Waals surface area (Å²) in [5, 5.41) is 41.7. The van der Waals surface area contributed by atoms with Gasteiger partial charge in [0.05, 0.1) is 6.10 Å². The van der Waals surface area contributed by atoms with Crippen molar-refractivity contribution in [1.29, 1.82) is 0 Å². The Labute approximate surface area is 242 Å². The van der Waals surface area contributed by atoms with Crippen LogP contribution >= 0.6 is 0 Å². The molecule has 0 radical (unpaired) electrons. The molecular formula is C32H48O9. The summed E-state index contributed by atoms with van der Waals surface area (Å²) in [6.07, 6.45) is 2.96. The number of allylic oxidation sites excluding steroid dienone is 2. The van der Waals surface area contributed by atoms with Gasteiger partial charge in [-0.25, -0.2) is 4.79 Å². The minimum Gasteiger partial charge on any atom is -0.461 e. The average molecular weight is 577 g/mol. The summed E-state index contributed by atoms with van der Waals surface area (Å²) in [7, 11) is 0. The Morgan fingerprint density at radius 3 is 2.51 bits per heavy atom. The van der Waals surface area contributed by atoms with Crippen molar-refractivity contribution < 1.29 is 44.2 Å². The summed E-state index contributed by atoms with van der Waals surface area (Å²) in [4.78, 5) is 24.9. The van der Waals surface area contributed by atoms with Gasteiger partial charge >= 0.3 is 5.97 Å². The van der Waals surface area contributed by atoms with Gasteiger partial charge in [-0.3, -0.25) is 4.79 Å². The summed E-state index contributed by atoms with van der Waals surface area (Å²) in [6.45, 7) is 7.88. The van der Waals surface area contributed by atoms with Gasteiger partial charge in [0.15, 0.2) is 12.4 Å². The van der Waals surface area contributed by atoms with Crippen LogP contribution in [0.1, 0.15) is 85.5 Å². The average Bonchev–Trinajstić information content (AvgIpc) is 3.25. The van der Waals surface area contributed by atoms with Gasteiger partial charge in [-0.1, -0.05) is 37.1 Å². The van der Waals surface area contributed by atoms with Crippen molar-refractivity contribution >= 4 is 11.8 Å². The van der Waals surface area contributed by atoms with E-state index in [1.807, 2.05) is 13.8 Å². The van der Waals surface area contributed by atoms with Crippen LogP contribution in [0.15, 0.2) is 23.3 Å². The van der Waals surface area contributed by atoms with E-state index < -0.39 is 49.4 Å². The van der Waals surface area contributed by atoms with E-state index in [1.165, 1.54) is 5.57 Å². The zero-order valence-electron chi connectivity index (χ0n) is 24.8. The molecule has 1 saturated heterocycles. The molecule has 0 spiro atoms. The molecule has 230 valence electrons. The van der Waals surface area contributed by atoms with Crippen LogP contribution in [0.2, 0.25) is 0 Å². The molecule has 0 aromatic carbocycles. The Morgan fingerprint density at radius 1 is 1.07 bits per heavy atom. The number of aliphatic hydroxyl groups is 4. The normalized spacial score (nSPS) is 44.6. The second-order valence-electron chi connectivity index (χ2n) is 13.9. The Balaban J connectivity index is 1.20. The highest BCUT2D eigenvalue weighted by molar-refractivity contribution is 5.87. The van der Waals surface area contributed by atoms with Gasteiger partial charge in [-0.15, -0.1) is 0 Å². The highest BCUT2D eigenvalue weighted by Crippen LogP contribution is 2.64. The molecule has 9 heteroatoms. The zero-order chi connectivity index (χ0) is 29.7. The molecule has 4 aliphatic carbocycles. The number of ketones is 1. The summed E-state index contributed by atoms with van der Waals surface area (Å²) in [5.41, 5.74) is 2.22. The molecule has 4 N–H and O–H groups in total. The number of carbonyl (C=O) groups excluding carboxylic acids is 2. The minimum absolute atomic E-state index is 0.0561. The SMILES string of the molecule is CC(C)=CC[C@@H](O)C(=O)OCC1OC(O[C@H]2CCC3(C)C(=CCC4C3CC[C@]3(C)C(=O)CCC43)C2)C(O)C(O)C1O. The maximum Gasteiger partial charge on any atom is 0.335 e. The van der Waals surface area contributed by atoms with Gasteiger partial charge < -0.3 is 34.6 Å². The van der Waals surface area contributed by atoms with Crippen LogP contribution in [-0.4, -0.2) is 81.7 Å². The van der Waals surface area contributed by atoms with E-state index in [0.717, 1.165) is 44.1 Å². The van der Waals surface area contributed by atoms with Crippen molar-refractivity contribution in [2.24, 2.45) is 28.6 Å². The van der Waals surface area contributed by atoms with E-state index in [-0.39, 0.29) is 23.4 Å². The molecule has 9 unspecified atom stereocenters. The van der Waals surface area contributed by atoms with Gasteiger partial charge in [0.1, 0.15) is 36.8 Å². The maximum absolute atomic E-state index is 12.7. The van der Waals surface area contributed by atoms with Gasteiger partial charge in [-0.2, -0.15) is 0 Å². The van der Waals surface area contributed by atoms with Crippen LogP contribution in [0.5, 0.6) is 0 Å². The largest absolute Gasteiger partial charge is 0.461 e. The van der Waals surface area contributed by atoms with Crippen LogP contribution in [0, 0.1) is 28.6 Å². The molecule has 41 heavy (non-hydrogen) atoms. The van der Waals surface area contributed by atoms with Crippen molar-refractivity contribution in [2.45, 2.75) is 128 Å². The lowest BCUT2D eigenvalue weighted by Crippen LogP contribution is -2.60. The predicted molar refractivity (Wildman–Crippen MR) is 149 cm³/mol. The number of ether oxygens (including phenoxy) is 3.